The van der Waals surface area contributed by atoms with Crippen molar-refractivity contribution in [3.8, 4) is 16.3 Å². The summed E-state index contributed by atoms with van der Waals surface area (Å²) < 4.78 is 36.0. The Kier molecular flexibility index (Phi) is 7.45. The quantitative estimate of drug-likeness (QED) is 0.500. The van der Waals surface area contributed by atoms with Crippen molar-refractivity contribution in [2.75, 3.05) is 25.6 Å². The van der Waals surface area contributed by atoms with Crippen molar-refractivity contribution in [2.24, 2.45) is 0 Å². The first-order chi connectivity index (χ1) is 15.4. The number of halogens is 2. The molecule has 0 unspecified atom stereocenters. The van der Waals surface area contributed by atoms with E-state index in [0.29, 0.717) is 10.8 Å². The number of nitrogens with zero attached hydrogens (tertiary/aromatic N) is 1. The highest BCUT2D eigenvalue weighted by atomic mass is 32.1. The lowest BCUT2D eigenvalue weighted by Crippen LogP contribution is -2.35. The Bertz CT molecular complexity index is 1130. The maximum Gasteiger partial charge on any atom is 0.358 e. The van der Waals surface area contributed by atoms with Crippen molar-refractivity contribution >= 4 is 34.8 Å². The van der Waals surface area contributed by atoms with Gasteiger partial charge >= 0.3 is 5.97 Å². The van der Waals surface area contributed by atoms with Gasteiger partial charge in [0.1, 0.15) is 10.8 Å². The average molecular weight is 461 g/mol. The molecule has 166 valence electrons. The lowest BCUT2D eigenvalue weighted by molar-refractivity contribution is -0.126. The zero-order valence-corrected chi connectivity index (χ0v) is 17.5. The fraction of sp³-hybridized carbons (Fsp3) is 0.143. The van der Waals surface area contributed by atoms with Crippen molar-refractivity contribution < 1.29 is 32.6 Å². The number of esters is 1. The van der Waals surface area contributed by atoms with Crippen molar-refractivity contribution in [1.82, 2.24) is 10.3 Å². The van der Waals surface area contributed by atoms with E-state index in [1.807, 2.05) is 0 Å². The highest BCUT2D eigenvalue weighted by molar-refractivity contribution is 7.13. The number of benzene rings is 2. The predicted octanol–water partition coefficient (Wildman–Crippen LogP) is 3.01. The van der Waals surface area contributed by atoms with Gasteiger partial charge in [-0.25, -0.2) is 18.6 Å². The maximum atomic E-state index is 13.1. The smallest absolute Gasteiger partial charge is 0.358 e. The number of amides is 2. The minimum absolute atomic E-state index is 0.0331. The van der Waals surface area contributed by atoms with Gasteiger partial charge in [0, 0.05) is 22.7 Å². The molecule has 2 aromatic carbocycles. The van der Waals surface area contributed by atoms with Crippen LogP contribution in [0.3, 0.4) is 0 Å². The van der Waals surface area contributed by atoms with E-state index in [1.54, 1.807) is 31.4 Å². The summed E-state index contributed by atoms with van der Waals surface area (Å²) in [7, 11) is 1.56. The summed E-state index contributed by atoms with van der Waals surface area (Å²) in [4.78, 5) is 39.9. The number of anilines is 1. The zero-order chi connectivity index (χ0) is 23.1. The number of hydrogen-bond donors (Lipinski definition) is 2. The molecule has 11 heteroatoms. The van der Waals surface area contributed by atoms with Crippen LogP contribution < -0.4 is 15.4 Å². The molecule has 0 fully saturated rings. The van der Waals surface area contributed by atoms with Gasteiger partial charge in [-0.1, -0.05) is 0 Å². The SMILES string of the molecule is COc1ccc(-c2nc(C(=O)OCC(=O)NCC(=O)Nc3ccc(F)c(F)c3)cs2)cc1. The van der Waals surface area contributed by atoms with E-state index >= 15 is 0 Å². The van der Waals surface area contributed by atoms with E-state index < -0.39 is 42.6 Å². The molecule has 0 aliphatic carbocycles. The largest absolute Gasteiger partial charge is 0.497 e. The highest BCUT2D eigenvalue weighted by Gasteiger charge is 2.15. The van der Waals surface area contributed by atoms with Crippen LogP contribution in [0.2, 0.25) is 0 Å². The Balaban J connectivity index is 1.44. The Morgan fingerprint density at radius 3 is 2.47 bits per heavy atom. The average Bonchev–Trinajstić information content (AvgIpc) is 3.29. The van der Waals surface area contributed by atoms with Gasteiger partial charge in [0.2, 0.25) is 5.91 Å². The van der Waals surface area contributed by atoms with Crippen LogP contribution in [0.4, 0.5) is 14.5 Å². The third-order valence-corrected chi connectivity index (χ3v) is 4.93. The van der Waals surface area contributed by atoms with Crippen LogP contribution in [0.15, 0.2) is 47.8 Å². The number of aromatic nitrogens is 1. The monoisotopic (exact) mass is 461 g/mol. The van der Waals surface area contributed by atoms with E-state index in [1.165, 1.54) is 22.8 Å². The zero-order valence-electron chi connectivity index (χ0n) is 16.7. The molecular weight excluding hydrogens is 444 g/mol. The fourth-order valence-electron chi connectivity index (χ4n) is 2.45. The number of rotatable bonds is 8. The van der Waals surface area contributed by atoms with Crippen molar-refractivity contribution in [3.63, 3.8) is 0 Å². The van der Waals surface area contributed by atoms with Gasteiger partial charge in [-0.2, -0.15) is 0 Å². The number of methoxy groups -OCH3 is 1. The molecule has 0 spiro atoms. The van der Waals surface area contributed by atoms with Gasteiger partial charge in [0.05, 0.1) is 13.7 Å². The molecule has 0 bridgehead atoms. The molecule has 2 amide bonds. The number of carbonyl (C=O) groups is 3. The summed E-state index contributed by atoms with van der Waals surface area (Å²) in [5, 5.41) is 6.65. The molecule has 1 heterocycles. The predicted molar refractivity (Wildman–Crippen MR) is 112 cm³/mol. The topological polar surface area (TPSA) is 107 Å². The molecule has 32 heavy (non-hydrogen) atoms. The molecule has 0 aliphatic heterocycles. The first kappa shape index (κ1) is 22.8. The van der Waals surface area contributed by atoms with Crippen LogP contribution in [0.5, 0.6) is 5.75 Å². The summed E-state index contributed by atoms with van der Waals surface area (Å²) in [6.45, 7) is -1.07. The van der Waals surface area contributed by atoms with Crippen LogP contribution in [-0.2, 0) is 14.3 Å². The van der Waals surface area contributed by atoms with E-state index in [4.69, 9.17) is 9.47 Å². The Labute approximate surface area is 185 Å². The Hall–Kier alpha value is -3.86. The summed E-state index contributed by atoms with van der Waals surface area (Å²) in [6, 6.07) is 9.97. The summed E-state index contributed by atoms with van der Waals surface area (Å²) >= 11 is 1.24. The Morgan fingerprint density at radius 1 is 1.03 bits per heavy atom. The molecule has 0 atom stereocenters. The van der Waals surface area contributed by atoms with Gasteiger partial charge in [-0.3, -0.25) is 9.59 Å². The molecule has 8 nitrogen and oxygen atoms in total. The lowest BCUT2D eigenvalue weighted by Gasteiger charge is -2.07. The normalized spacial score (nSPS) is 10.3. The van der Waals surface area contributed by atoms with Crippen LogP contribution in [0, 0.1) is 11.6 Å². The molecule has 3 aromatic rings. The van der Waals surface area contributed by atoms with Crippen molar-refractivity contribution in [3.05, 3.63) is 65.2 Å². The first-order valence-corrected chi connectivity index (χ1v) is 10.0. The minimum Gasteiger partial charge on any atom is -0.497 e. The molecule has 0 saturated heterocycles. The second kappa shape index (κ2) is 10.4. The van der Waals surface area contributed by atoms with Crippen LogP contribution in [0.1, 0.15) is 10.5 Å². The molecular formula is C21H17F2N3O5S. The summed E-state index contributed by atoms with van der Waals surface area (Å²) in [6.07, 6.45) is 0. The van der Waals surface area contributed by atoms with E-state index in [-0.39, 0.29) is 11.4 Å². The lowest BCUT2D eigenvalue weighted by atomic mass is 10.2. The van der Waals surface area contributed by atoms with Gasteiger partial charge in [0.15, 0.2) is 23.9 Å². The molecule has 1 aromatic heterocycles. The third kappa shape index (κ3) is 6.08. The maximum absolute atomic E-state index is 13.1. The summed E-state index contributed by atoms with van der Waals surface area (Å²) in [5.74, 6) is -3.65. The molecule has 0 radical (unpaired) electrons. The van der Waals surface area contributed by atoms with Gasteiger partial charge < -0.3 is 20.1 Å². The van der Waals surface area contributed by atoms with Gasteiger partial charge in [-0.15, -0.1) is 11.3 Å². The molecule has 0 aliphatic rings. The fourth-order valence-corrected chi connectivity index (χ4v) is 3.24. The summed E-state index contributed by atoms with van der Waals surface area (Å²) in [5.41, 5.74) is 0.870. The van der Waals surface area contributed by atoms with Crippen LogP contribution in [0.25, 0.3) is 10.6 Å². The molecule has 0 saturated carbocycles. The highest BCUT2D eigenvalue weighted by Crippen LogP contribution is 2.25. The Morgan fingerprint density at radius 2 is 1.78 bits per heavy atom. The van der Waals surface area contributed by atoms with Gasteiger partial charge in [0.25, 0.3) is 5.91 Å². The number of thiazole rings is 1. The van der Waals surface area contributed by atoms with Crippen LogP contribution >= 0.6 is 11.3 Å². The van der Waals surface area contributed by atoms with E-state index in [0.717, 1.165) is 17.7 Å². The number of carbonyl (C=O) groups excluding carboxylic acids is 3. The number of hydrogen-bond acceptors (Lipinski definition) is 7. The second-order valence-corrected chi connectivity index (χ2v) is 7.15. The standard InChI is InChI=1S/C21H17F2N3O5S/c1-30-14-5-2-12(3-6-14)20-26-17(11-32-20)21(29)31-10-19(28)24-9-18(27)25-13-4-7-15(22)16(23)8-13/h2-8,11H,9-10H2,1H3,(H,24,28)(H,25,27). The molecule has 2 N–H and O–H groups in total. The third-order valence-electron chi connectivity index (χ3n) is 4.03. The van der Waals surface area contributed by atoms with E-state index in [9.17, 15) is 23.2 Å². The minimum atomic E-state index is -1.11. The second-order valence-electron chi connectivity index (χ2n) is 6.30. The first-order valence-electron chi connectivity index (χ1n) is 9.14. The van der Waals surface area contributed by atoms with Gasteiger partial charge in [-0.05, 0) is 36.4 Å². The van der Waals surface area contributed by atoms with Crippen LogP contribution in [-0.4, -0.2) is 43.0 Å². The van der Waals surface area contributed by atoms with Crippen molar-refractivity contribution in [2.45, 2.75) is 0 Å². The molecule has 3 rings (SSSR count). The number of ether oxygens (including phenoxy) is 2. The number of nitrogens with one attached hydrogen (secondary N) is 2. The van der Waals surface area contributed by atoms with Crippen molar-refractivity contribution in [1.29, 1.82) is 0 Å². The van der Waals surface area contributed by atoms with E-state index in [2.05, 4.69) is 15.6 Å².